The van der Waals surface area contributed by atoms with Crippen molar-refractivity contribution >= 4 is 29.3 Å². The van der Waals surface area contributed by atoms with Crippen LogP contribution in [0.4, 0.5) is 17.5 Å². The second-order valence-electron chi connectivity index (χ2n) is 7.19. The number of carbonyl (C=O) groups is 2. The van der Waals surface area contributed by atoms with E-state index < -0.39 is 5.92 Å². The zero-order chi connectivity index (χ0) is 19.7. The van der Waals surface area contributed by atoms with E-state index in [1.807, 2.05) is 29.2 Å². The van der Waals surface area contributed by atoms with Crippen molar-refractivity contribution in [3.8, 4) is 0 Å². The van der Waals surface area contributed by atoms with Gasteiger partial charge in [-0.1, -0.05) is 19.1 Å². The third-order valence-electron chi connectivity index (χ3n) is 5.29. The fourth-order valence-electron chi connectivity index (χ4n) is 3.72. The van der Waals surface area contributed by atoms with E-state index in [9.17, 15) is 14.4 Å². The first-order valence-corrected chi connectivity index (χ1v) is 9.64. The number of anilines is 3. The van der Waals surface area contributed by atoms with Crippen molar-refractivity contribution in [2.75, 3.05) is 28.6 Å². The molecule has 2 amide bonds. The molecule has 146 valence electrons. The molecule has 1 aromatic heterocycles. The summed E-state index contributed by atoms with van der Waals surface area (Å²) in [6.45, 7) is 3.68. The summed E-state index contributed by atoms with van der Waals surface area (Å²) >= 11 is 0. The molecule has 3 heterocycles. The van der Waals surface area contributed by atoms with Gasteiger partial charge < -0.3 is 15.5 Å². The van der Waals surface area contributed by atoms with Crippen molar-refractivity contribution in [1.82, 2.24) is 9.97 Å². The summed E-state index contributed by atoms with van der Waals surface area (Å²) in [5, 5.41) is 5.46. The van der Waals surface area contributed by atoms with Gasteiger partial charge >= 0.3 is 0 Å². The molecule has 8 heteroatoms. The molecule has 4 rings (SSSR count). The first-order valence-electron chi connectivity index (χ1n) is 9.64. The minimum atomic E-state index is -0.876. The normalized spacial score (nSPS) is 18.5. The summed E-state index contributed by atoms with van der Waals surface area (Å²) in [4.78, 5) is 46.9. The number of rotatable bonds is 4. The minimum absolute atomic E-state index is 0.0836. The van der Waals surface area contributed by atoms with Gasteiger partial charge in [0.2, 0.25) is 17.8 Å². The van der Waals surface area contributed by atoms with Crippen LogP contribution in [-0.2, 0) is 16.0 Å². The Bertz CT molecular complexity index is 961. The number of aryl methyl sites for hydroxylation is 1. The highest BCUT2D eigenvalue weighted by Crippen LogP contribution is 2.30. The van der Waals surface area contributed by atoms with Crippen LogP contribution in [0.2, 0.25) is 0 Å². The van der Waals surface area contributed by atoms with E-state index in [4.69, 9.17) is 0 Å². The second kappa shape index (κ2) is 7.46. The molecule has 2 aromatic rings. The van der Waals surface area contributed by atoms with Crippen LogP contribution in [0.25, 0.3) is 0 Å². The SMILES string of the molecule is CCc1ccc(NC(=O)[C@H]2CC(=O)Nc3nc(N4CCCC4)[nH]c(=O)c32)cc1. The highest BCUT2D eigenvalue weighted by Gasteiger charge is 2.35. The van der Waals surface area contributed by atoms with Crippen LogP contribution < -0.4 is 21.1 Å². The van der Waals surface area contributed by atoms with Gasteiger partial charge in [0.05, 0.1) is 11.5 Å². The van der Waals surface area contributed by atoms with Gasteiger partial charge in [-0.2, -0.15) is 4.98 Å². The highest BCUT2D eigenvalue weighted by molar-refractivity contribution is 6.04. The second-order valence-corrected chi connectivity index (χ2v) is 7.19. The molecule has 2 aliphatic rings. The number of carbonyl (C=O) groups excluding carboxylic acids is 2. The van der Waals surface area contributed by atoms with Gasteiger partial charge in [0, 0.05) is 25.2 Å². The summed E-state index contributed by atoms with van der Waals surface area (Å²) in [6.07, 6.45) is 2.90. The monoisotopic (exact) mass is 381 g/mol. The summed E-state index contributed by atoms with van der Waals surface area (Å²) in [5.74, 6) is -0.958. The van der Waals surface area contributed by atoms with Crippen molar-refractivity contribution in [3.63, 3.8) is 0 Å². The average molecular weight is 381 g/mol. The summed E-state index contributed by atoms with van der Waals surface area (Å²) in [5.41, 5.74) is 1.63. The molecular formula is C20H23N5O3. The fourth-order valence-corrected chi connectivity index (χ4v) is 3.72. The molecule has 1 atom stereocenters. The zero-order valence-electron chi connectivity index (χ0n) is 15.7. The Labute approximate surface area is 162 Å². The Morgan fingerprint density at radius 3 is 2.61 bits per heavy atom. The quantitative estimate of drug-likeness (QED) is 0.751. The molecular weight excluding hydrogens is 358 g/mol. The largest absolute Gasteiger partial charge is 0.342 e. The van der Waals surface area contributed by atoms with Gasteiger partial charge in [-0.3, -0.25) is 19.4 Å². The zero-order valence-corrected chi connectivity index (χ0v) is 15.7. The predicted octanol–water partition coefficient (Wildman–Crippen LogP) is 2.00. The number of hydrogen-bond acceptors (Lipinski definition) is 5. The minimum Gasteiger partial charge on any atom is -0.342 e. The van der Waals surface area contributed by atoms with E-state index in [0.29, 0.717) is 11.6 Å². The molecule has 28 heavy (non-hydrogen) atoms. The molecule has 0 saturated carbocycles. The lowest BCUT2D eigenvalue weighted by atomic mass is 9.92. The van der Waals surface area contributed by atoms with Crippen molar-refractivity contribution in [2.24, 2.45) is 0 Å². The van der Waals surface area contributed by atoms with Crippen molar-refractivity contribution < 1.29 is 9.59 Å². The number of nitrogens with zero attached hydrogens (tertiary/aromatic N) is 2. The summed E-state index contributed by atoms with van der Waals surface area (Å²) in [6, 6.07) is 7.51. The third kappa shape index (κ3) is 3.49. The maximum atomic E-state index is 12.8. The molecule has 3 N–H and O–H groups in total. The Balaban J connectivity index is 1.62. The molecule has 0 radical (unpaired) electrons. The van der Waals surface area contributed by atoms with Gasteiger partial charge in [-0.25, -0.2) is 0 Å². The molecule has 1 saturated heterocycles. The number of amides is 2. The molecule has 0 spiro atoms. The number of benzene rings is 1. The maximum absolute atomic E-state index is 12.8. The highest BCUT2D eigenvalue weighted by atomic mass is 16.2. The molecule has 1 fully saturated rings. The van der Waals surface area contributed by atoms with E-state index in [0.717, 1.165) is 37.9 Å². The maximum Gasteiger partial charge on any atom is 0.258 e. The molecule has 0 aliphatic carbocycles. The Hall–Kier alpha value is -3.16. The summed E-state index contributed by atoms with van der Waals surface area (Å²) in [7, 11) is 0. The summed E-state index contributed by atoms with van der Waals surface area (Å²) < 4.78 is 0. The van der Waals surface area contributed by atoms with Crippen LogP contribution in [-0.4, -0.2) is 34.9 Å². The van der Waals surface area contributed by atoms with Crippen molar-refractivity contribution in [1.29, 1.82) is 0 Å². The lowest BCUT2D eigenvalue weighted by Crippen LogP contribution is -2.37. The van der Waals surface area contributed by atoms with Crippen LogP contribution in [0.5, 0.6) is 0 Å². The third-order valence-corrected chi connectivity index (χ3v) is 5.29. The van der Waals surface area contributed by atoms with Crippen LogP contribution >= 0.6 is 0 Å². The van der Waals surface area contributed by atoms with Crippen molar-refractivity contribution in [3.05, 3.63) is 45.7 Å². The van der Waals surface area contributed by atoms with Crippen LogP contribution in [0.1, 0.15) is 43.2 Å². The van der Waals surface area contributed by atoms with Crippen LogP contribution in [0.15, 0.2) is 29.1 Å². The van der Waals surface area contributed by atoms with Crippen LogP contribution in [0, 0.1) is 0 Å². The lowest BCUT2D eigenvalue weighted by Gasteiger charge is -2.25. The number of H-pyrrole nitrogens is 1. The number of aromatic amines is 1. The van der Waals surface area contributed by atoms with Gasteiger partial charge in [-0.05, 0) is 37.0 Å². The van der Waals surface area contributed by atoms with E-state index in [2.05, 4.69) is 27.5 Å². The van der Waals surface area contributed by atoms with E-state index in [1.165, 1.54) is 0 Å². The number of hydrogen-bond donors (Lipinski definition) is 3. The molecule has 0 bridgehead atoms. The van der Waals surface area contributed by atoms with E-state index >= 15 is 0 Å². The number of nitrogens with one attached hydrogen (secondary N) is 3. The Kier molecular flexibility index (Phi) is 4.85. The van der Waals surface area contributed by atoms with Gasteiger partial charge in [-0.15, -0.1) is 0 Å². The van der Waals surface area contributed by atoms with Gasteiger partial charge in [0.15, 0.2) is 0 Å². The standard InChI is InChI=1S/C20H23N5O3/c1-2-12-5-7-13(8-6-12)21-18(27)14-11-15(26)22-17-16(14)19(28)24-20(23-17)25-9-3-4-10-25/h5-8,14H,2-4,9-11H2,1H3,(H,21,27)(H2,22,23,24,26,28)/t14-/m0/s1. The Morgan fingerprint density at radius 1 is 1.21 bits per heavy atom. The first kappa shape index (κ1) is 18.2. The topological polar surface area (TPSA) is 107 Å². The average Bonchev–Trinajstić information content (AvgIpc) is 3.22. The molecule has 2 aliphatic heterocycles. The smallest absolute Gasteiger partial charge is 0.258 e. The van der Waals surface area contributed by atoms with Crippen molar-refractivity contribution in [2.45, 2.75) is 38.5 Å². The predicted molar refractivity (Wildman–Crippen MR) is 107 cm³/mol. The number of fused-ring (bicyclic) bond motifs is 1. The first-order chi connectivity index (χ1) is 13.5. The van der Waals surface area contributed by atoms with Crippen LogP contribution in [0.3, 0.4) is 0 Å². The molecule has 0 unspecified atom stereocenters. The molecule has 1 aromatic carbocycles. The van der Waals surface area contributed by atoms with E-state index in [1.54, 1.807) is 0 Å². The molecule has 8 nitrogen and oxygen atoms in total. The van der Waals surface area contributed by atoms with E-state index in [-0.39, 0.29) is 35.2 Å². The Morgan fingerprint density at radius 2 is 1.93 bits per heavy atom. The fraction of sp³-hybridized carbons (Fsp3) is 0.400. The number of aromatic nitrogens is 2. The lowest BCUT2D eigenvalue weighted by molar-refractivity contribution is -0.123. The van der Waals surface area contributed by atoms with Gasteiger partial charge in [0.1, 0.15) is 5.82 Å². The van der Waals surface area contributed by atoms with Gasteiger partial charge in [0.25, 0.3) is 5.56 Å².